The van der Waals surface area contributed by atoms with Crippen LogP contribution in [0.15, 0.2) is 62.8 Å². The number of carbonyl (C=O) groups is 3. The molecule has 196 valence electrons. The van der Waals surface area contributed by atoms with E-state index in [0.29, 0.717) is 34.2 Å². The Balaban J connectivity index is 1.45. The third-order valence-corrected chi connectivity index (χ3v) is 10.5. The fraction of sp³-hybridized carbons (Fsp3) is 0.333. The van der Waals surface area contributed by atoms with E-state index in [2.05, 4.69) is 15.9 Å². The molecule has 1 aromatic heterocycles. The molecule has 3 atom stereocenters. The van der Waals surface area contributed by atoms with E-state index in [1.54, 1.807) is 53.4 Å². The highest BCUT2D eigenvalue weighted by Gasteiger charge is 2.57. The molecule has 38 heavy (non-hydrogen) atoms. The summed E-state index contributed by atoms with van der Waals surface area (Å²) in [4.78, 5) is 57.3. The average Bonchev–Trinajstić information content (AvgIpc) is 3.36. The van der Waals surface area contributed by atoms with Crippen molar-refractivity contribution < 1.29 is 19.5 Å². The summed E-state index contributed by atoms with van der Waals surface area (Å²) in [6.45, 7) is 1.24. The number of piperidine rings is 1. The summed E-state index contributed by atoms with van der Waals surface area (Å²) in [5.41, 5.74) is 0.953. The van der Waals surface area contributed by atoms with E-state index in [0.717, 1.165) is 35.1 Å². The van der Waals surface area contributed by atoms with Gasteiger partial charge < -0.3 is 10.0 Å². The highest BCUT2D eigenvalue weighted by Crippen LogP contribution is 2.55. The van der Waals surface area contributed by atoms with Crippen LogP contribution in [-0.2, 0) is 20.9 Å². The molecular formula is C27H24BrN3O5S2. The third-order valence-electron chi connectivity index (χ3n) is 7.41. The molecule has 3 aliphatic rings. The van der Waals surface area contributed by atoms with Gasteiger partial charge in [0.2, 0.25) is 17.7 Å². The van der Waals surface area contributed by atoms with E-state index >= 15 is 0 Å². The number of rotatable bonds is 4. The van der Waals surface area contributed by atoms with Crippen molar-refractivity contribution in [2.75, 3.05) is 18.0 Å². The Hall–Kier alpha value is -2.89. The van der Waals surface area contributed by atoms with E-state index < -0.39 is 17.1 Å². The summed E-state index contributed by atoms with van der Waals surface area (Å²) in [6, 6.07) is 13.7. The largest absolute Gasteiger partial charge is 0.508 e. The number of phenolic OH excluding ortho intramolecular Hbond substituents is 1. The van der Waals surface area contributed by atoms with Crippen molar-refractivity contribution in [2.45, 2.75) is 42.0 Å². The molecule has 0 radical (unpaired) electrons. The maximum absolute atomic E-state index is 13.9. The van der Waals surface area contributed by atoms with Gasteiger partial charge in [0, 0.05) is 33.9 Å². The lowest BCUT2D eigenvalue weighted by atomic mass is 9.82. The number of likely N-dealkylation sites (tertiary alicyclic amines) is 1. The first-order valence-electron chi connectivity index (χ1n) is 12.4. The summed E-state index contributed by atoms with van der Waals surface area (Å²) in [6.07, 6.45) is 2.97. The minimum absolute atomic E-state index is 0.00627. The van der Waals surface area contributed by atoms with E-state index in [4.69, 9.17) is 0 Å². The molecule has 3 amide bonds. The summed E-state index contributed by atoms with van der Waals surface area (Å²) in [7, 11) is 0. The summed E-state index contributed by atoms with van der Waals surface area (Å²) in [5.74, 6) is -2.37. The second kappa shape index (κ2) is 10.0. The molecule has 3 unspecified atom stereocenters. The number of para-hydroxylation sites is 1. The molecule has 0 aliphatic carbocycles. The number of anilines is 1. The smallest absolute Gasteiger partial charge is 0.308 e. The van der Waals surface area contributed by atoms with E-state index in [-0.39, 0.29) is 34.9 Å². The average molecular weight is 615 g/mol. The lowest BCUT2D eigenvalue weighted by Crippen LogP contribution is -2.39. The van der Waals surface area contributed by atoms with Gasteiger partial charge >= 0.3 is 4.87 Å². The molecule has 8 nitrogen and oxygen atoms in total. The topological polar surface area (TPSA) is 99.9 Å². The molecule has 2 fully saturated rings. The fourth-order valence-corrected chi connectivity index (χ4v) is 8.59. The van der Waals surface area contributed by atoms with E-state index in [1.165, 1.54) is 21.2 Å². The van der Waals surface area contributed by atoms with Crippen LogP contribution in [0.3, 0.4) is 0 Å². The van der Waals surface area contributed by atoms with Gasteiger partial charge in [0.1, 0.15) is 17.5 Å². The van der Waals surface area contributed by atoms with Gasteiger partial charge in [0.15, 0.2) is 0 Å². The Kier molecular flexibility index (Phi) is 6.69. The van der Waals surface area contributed by atoms with Crippen LogP contribution >= 0.6 is 39.0 Å². The molecule has 11 heteroatoms. The molecule has 4 heterocycles. The van der Waals surface area contributed by atoms with Crippen LogP contribution in [0, 0.1) is 5.92 Å². The number of phenols is 1. The summed E-state index contributed by atoms with van der Waals surface area (Å²) in [5, 5.41) is 10.5. The predicted molar refractivity (Wildman–Crippen MR) is 149 cm³/mol. The van der Waals surface area contributed by atoms with Crippen LogP contribution in [0.4, 0.5) is 5.69 Å². The monoisotopic (exact) mass is 613 g/mol. The minimum Gasteiger partial charge on any atom is -0.508 e. The zero-order valence-corrected chi connectivity index (χ0v) is 23.4. The van der Waals surface area contributed by atoms with Crippen molar-refractivity contribution in [2.24, 2.45) is 5.92 Å². The Labute approximate surface area is 235 Å². The van der Waals surface area contributed by atoms with E-state index in [1.807, 2.05) is 0 Å². The number of thiazole rings is 1. The number of imide groups is 1. The molecule has 2 saturated heterocycles. The molecule has 2 aromatic carbocycles. The normalized spacial score (nSPS) is 22.9. The molecule has 6 rings (SSSR count). The lowest BCUT2D eigenvalue weighted by Gasteiger charge is -2.31. The number of fused-ring (bicyclic) bond motifs is 2. The Bertz CT molecular complexity index is 1500. The number of amides is 3. The highest BCUT2D eigenvalue weighted by molar-refractivity contribution is 9.10. The second-order valence-corrected chi connectivity index (χ2v) is 12.7. The number of aromatic hydroxyl groups is 1. The van der Waals surface area contributed by atoms with Gasteiger partial charge in [-0.15, -0.1) is 0 Å². The molecule has 3 aromatic rings. The van der Waals surface area contributed by atoms with Crippen LogP contribution in [0.1, 0.15) is 35.6 Å². The first-order chi connectivity index (χ1) is 18.3. The van der Waals surface area contributed by atoms with Crippen LogP contribution in [0.2, 0.25) is 0 Å². The van der Waals surface area contributed by atoms with Gasteiger partial charge in [-0.1, -0.05) is 57.2 Å². The quantitative estimate of drug-likeness (QED) is 0.443. The van der Waals surface area contributed by atoms with Gasteiger partial charge in [-0.05, 0) is 49.6 Å². The maximum Gasteiger partial charge on any atom is 0.308 e. The van der Waals surface area contributed by atoms with E-state index in [9.17, 15) is 24.3 Å². The number of halogens is 1. The Morgan fingerprint density at radius 1 is 0.974 bits per heavy atom. The molecule has 1 N–H and O–H groups in total. The first-order valence-corrected chi connectivity index (χ1v) is 14.9. The number of thioether (sulfide) groups is 1. The summed E-state index contributed by atoms with van der Waals surface area (Å²) < 4.78 is 2.27. The second-order valence-electron chi connectivity index (χ2n) is 9.65. The van der Waals surface area contributed by atoms with Crippen molar-refractivity contribution in [3.8, 4) is 5.75 Å². The maximum atomic E-state index is 13.9. The number of nitrogens with zero attached hydrogens (tertiary/aromatic N) is 3. The van der Waals surface area contributed by atoms with Crippen molar-refractivity contribution in [3.63, 3.8) is 0 Å². The SMILES string of the molecule is O=C(Cn1c2c(sc1=O)C(c1ccccc1O)C1C(=O)N(c3ccc(Br)cc3)C(=O)C1S2)N1CCCCC1. The molecule has 0 bridgehead atoms. The van der Waals surface area contributed by atoms with Crippen molar-refractivity contribution in [3.05, 3.63) is 73.1 Å². The van der Waals surface area contributed by atoms with Crippen molar-refractivity contribution in [1.29, 1.82) is 0 Å². The zero-order valence-electron chi connectivity index (χ0n) is 20.2. The number of hydrogen-bond acceptors (Lipinski definition) is 7. The van der Waals surface area contributed by atoms with Crippen LogP contribution in [-0.4, -0.2) is 50.6 Å². The molecule has 0 spiro atoms. The highest BCUT2D eigenvalue weighted by atomic mass is 79.9. The predicted octanol–water partition coefficient (Wildman–Crippen LogP) is 4.19. The van der Waals surface area contributed by atoms with Gasteiger partial charge in [0.05, 0.1) is 16.6 Å². The Morgan fingerprint density at radius 3 is 2.39 bits per heavy atom. The first kappa shape index (κ1) is 25.4. The van der Waals surface area contributed by atoms with Gasteiger partial charge in [-0.2, -0.15) is 0 Å². The van der Waals surface area contributed by atoms with Crippen molar-refractivity contribution >= 4 is 62.4 Å². The van der Waals surface area contributed by atoms with Gasteiger partial charge in [0.25, 0.3) is 0 Å². The fourth-order valence-electron chi connectivity index (χ4n) is 5.56. The minimum atomic E-state index is -0.804. The number of carbonyl (C=O) groups excluding carboxylic acids is 3. The Morgan fingerprint density at radius 2 is 1.68 bits per heavy atom. The van der Waals surface area contributed by atoms with Crippen LogP contribution in [0.5, 0.6) is 5.75 Å². The number of benzene rings is 2. The standard InChI is InChI=1S/C27H24BrN3O5S2/c28-15-8-10-16(11-9-15)31-24(34)21-20(17-6-2-3-7-18(17)32)23-26(37-22(21)25(31)35)30(27(36)38-23)14-19(33)29-12-4-1-5-13-29/h2-3,6-11,20-22,32H,1,4-5,12-14H2. The molecular weight excluding hydrogens is 590 g/mol. The molecule has 3 aliphatic heterocycles. The lowest BCUT2D eigenvalue weighted by molar-refractivity contribution is -0.133. The summed E-state index contributed by atoms with van der Waals surface area (Å²) >= 11 is 5.55. The van der Waals surface area contributed by atoms with Crippen molar-refractivity contribution in [1.82, 2.24) is 9.47 Å². The number of aromatic nitrogens is 1. The third kappa shape index (κ3) is 4.20. The number of hydrogen-bond donors (Lipinski definition) is 1. The van der Waals surface area contributed by atoms with Crippen LogP contribution in [0.25, 0.3) is 0 Å². The van der Waals surface area contributed by atoms with Crippen LogP contribution < -0.4 is 9.77 Å². The van der Waals surface area contributed by atoms with Gasteiger partial charge in [-0.3, -0.25) is 23.7 Å². The molecule has 0 saturated carbocycles. The van der Waals surface area contributed by atoms with Gasteiger partial charge in [-0.25, -0.2) is 4.90 Å². The zero-order chi connectivity index (χ0) is 26.6.